The highest BCUT2D eigenvalue weighted by Gasteiger charge is 1.99. The van der Waals surface area contributed by atoms with E-state index in [0.29, 0.717) is 13.0 Å². The van der Waals surface area contributed by atoms with Gasteiger partial charge in [-0.25, -0.2) is 13.2 Å². The Hall–Kier alpha value is -1.04. The number of carbonyl (C=O) groups is 1. The Balaban J connectivity index is 3.48. The Kier molecular flexibility index (Phi) is 5.94. The fourth-order valence-electron chi connectivity index (χ4n) is 0.715. The van der Waals surface area contributed by atoms with Gasteiger partial charge in [-0.1, -0.05) is 0 Å². The largest absolute Gasteiger partial charge is 0.466 e. The minimum absolute atomic E-state index is 0.145. The summed E-state index contributed by atoms with van der Waals surface area (Å²) in [6.07, 6.45) is 4.39. The highest BCUT2D eigenvalue weighted by molar-refractivity contribution is 7.90. The number of esters is 1. The Labute approximate surface area is 84.1 Å². The van der Waals surface area contributed by atoms with E-state index in [1.54, 1.807) is 0 Å². The molecule has 0 bridgehead atoms. The highest BCUT2D eigenvalue weighted by Crippen LogP contribution is 1.86. The van der Waals surface area contributed by atoms with Crippen LogP contribution in [0.25, 0.3) is 0 Å². The van der Waals surface area contributed by atoms with Crippen LogP contribution in [0.4, 0.5) is 0 Å². The first-order valence-corrected chi connectivity index (χ1v) is 6.17. The number of methoxy groups -OCH3 is 1. The van der Waals surface area contributed by atoms with Gasteiger partial charge in [0.2, 0.25) is 0 Å². The monoisotopic (exact) mass is 221 g/mol. The van der Waals surface area contributed by atoms with Crippen LogP contribution in [0.1, 0.15) is 6.42 Å². The van der Waals surface area contributed by atoms with E-state index in [1.807, 2.05) is 0 Å². The number of nitrogens with one attached hydrogen (secondary N) is 1. The Morgan fingerprint density at radius 2 is 2.14 bits per heavy atom. The summed E-state index contributed by atoms with van der Waals surface area (Å²) in [4.78, 5) is 10.6. The van der Waals surface area contributed by atoms with E-state index < -0.39 is 15.8 Å². The number of carbonyl (C=O) groups excluding carboxylic acids is 1. The molecule has 1 N–H and O–H groups in total. The molecule has 0 spiro atoms. The lowest BCUT2D eigenvalue weighted by molar-refractivity contribution is -0.134. The SMILES string of the molecule is COC(=O)/C=C/NCCCS(C)(=O)=O. The summed E-state index contributed by atoms with van der Waals surface area (Å²) in [6.45, 7) is 0.514. The number of hydrogen-bond acceptors (Lipinski definition) is 5. The van der Waals surface area contributed by atoms with Gasteiger partial charge in [-0.2, -0.15) is 0 Å². The Bertz CT molecular complexity index is 294. The molecular formula is C8H15NO4S. The minimum atomic E-state index is -2.89. The number of hydrogen-bond donors (Lipinski definition) is 1. The van der Waals surface area contributed by atoms with Crippen molar-refractivity contribution in [3.8, 4) is 0 Å². The zero-order chi connectivity index (χ0) is 11.0. The maximum Gasteiger partial charge on any atom is 0.331 e. The third-order valence-electron chi connectivity index (χ3n) is 1.37. The predicted octanol–water partition coefficient (Wildman–Crippen LogP) is -0.303. The fourth-order valence-corrected chi connectivity index (χ4v) is 1.38. The van der Waals surface area contributed by atoms with Gasteiger partial charge < -0.3 is 10.1 Å². The molecule has 0 rings (SSSR count). The van der Waals surface area contributed by atoms with E-state index in [9.17, 15) is 13.2 Å². The van der Waals surface area contributed by atoms with Crippen LogP contribution >= 0.6 is 0 Å². The molecule has 0 fully saturated rings. The van der Waals surface area contributed by atoms with Gasteiger partial charge in [0, 0.05) is 25.1 Å². The fraction of sp³-hybridized carbons (Fsp3) is 0.625. The zero-order valence-electron chi connectivity index (χ0n) is 8.32. The van der Waals surface area contributed by atoms with Crippen molar-refractivity contribution in [1.29, 1.82) is 0 Å². The molecule has 0 aliphatic carbocycles. The molecule has 14 heavy (non-hydrogen) atoms. The van der Waals surface area contributed by atoms with Gasteiger partial charge in [0.25, 0.3) is 0 Å². The lowest BCUT2D eigenvalue weighted by atomic mass is 10.5. The quantitative estimate of drug-likeness (QED) is 0.378. The lowest BCUT2D eigenvalue weighted by Crippen LogP contribution is -2.13. The van der Waals surface area contributed by atoms with E-state index in [1.165, 1.54) is 25.6 Å². The first-order chi connectivity index (χ1) is 6.45. The third kappa shape index (κ3) is 9.05. The van der Waals surface area contributed by atoms with Gasteiger partial charge in [0.15, 0.2) is 0 Å². The second kappa shape index (κ2) is 6.42. The zero-order valence-corrected chi connectivity index (χ0v) is 9.13. The van der Waals surface area contributed by atoms with Gasteiger partial charge in [0.1, 0.15) is 9.84 Å². The number of ether oxygens (including phenoxy) is 1. The molecule has 0 amide bonds. The van der Waals surface area contributed by atoms with Gasteiger partial charge in [0.05, 0.1) is 12.9 Å². The van der Waals surface area contributed by atoms with Crippen molar-refractivity contribution in [3.63, 3.8) is 0 Å². The summed E-state index contributed by atoms with van der Waals surface area (Å²) in [7, 11) is -1.60. The van der Waals surface area contributed by atoms with Crippen LogP contribution in [0.5, 0.6) is 0 Å². The van der Waals surface area contributed by atoms with Crippen LogP contribution in [0.15, 0.2) is 12.3 Å². The molecule has 0 aromatic rings. The maximum absolute atomic E-state index is 10.7. The van der Waals surface area contributed by atoms with E-state index in [4.69, 9.17) is 0 Å². The lowest BCUT2D eigenvalue weighted by Gasteiger charge is -1.99. The average molecular weight is 221 g/mol. The molecule has 0 aromatic heterocycles. The van der Waals surface area contributed by atoms with Crippen molar-refractivity contribution < 1.29 is 17.9 Å². The van der Waals surface area contributed by atoms with Crippen molar-refractivity contribution in [3.05, 3.63) is 12.3 Å². The van der Waals surface area contributed by atoms with Crippen LogP contribution < -0.4 is 5.32 Å². The van der Waals surface area contributed by atoms with Gasteiger partial charge >= 0.3 is 5.97 Å². The molecule has 0 saturated carbocycles. The number of rotatable bonds is 6. The molecule has 0 atom stereocenters. The van der Waals surface area contributed by atoms with Crippen molar-refractivity contribution in [2.75, 3.05) is 25.7 Å². The van der Waals surface area contributed by atoms with Gasteiger partial charge in [-0.15, -0.1) is 0 Å². The second-order valence-electron chi connectivity index (χ2n) is 2.79. The molecular weight excluding hydrogens is 206 g/mol. The van der Waals surface area contributed by atoms with E-state index in [2.05, 4.69) is 10.1 Å². The van der Waals surface area contributed by atoms with E-state index >= 15 is 0 Å². The summed E-state index contributed by atoms with van der Waals surface area (Å²) >= 11 is 0. The first-order valence-electron chi connectivity index (χ1n) is 4.11. The van der Waals surface area contributed by atoms with Crippen LogP contribution in [-0.2, 0) is 19.4 Å². The smallest absolute Gasteiger partial charge is 0.331 e. The molecule has 6 heteroatoms. The van der Waals surface area contributed by atoms with Crippen LogP contribution in [0.2, 0.25) is 0 Å². The Morgan fingerprint density at radius 1 is 1.50 bits per heavy atom. The van der Waals surface area contributed by atoms with Crippen LogP contribution in [0.3, 0.4) is 0 Å². The van der Waals surface area contributed by atoms with Crippen LogP contribution in [-0.4, -0.2) is 40.1 Å². The Morgan fingerprint density at radius 3 is 2.64 bits per heavy atom. The maximum atomic E-state index is 10.7. The molecule has 0 aromatic carbocycles. The molecule has 0 heterocycles. The molecule has 0 radical (unpaired) electrons. The van der Waals surface area contributed by atoms with E-state index in [0.717, 1.165) is 0 Å². The average Bonchev–Trinajstić information content (AvgIpc) is 2.08. The topological polar surface area (TPSA) is 72.5 Å². The summed E-state index contributed by atoms with van der Waals surface area (Å²) in [5, 5.41) is 2.78. The van der Waals surface area contributed by atoms with Gasteiger partial charge in [-0.3, -0.25) is 0 Å². The minimum Gasteiger partial charge on any atom is -0.466 e. The normalized spacial score (nSPS) is 11.6. The summed E-state index contributed by atoms with van der Waals surface area (Å²) < 4.78 is 25.7. The molecule has 0 aliphatic heterocycles. The van der Waals surface area contributed by atoms with Crippen molar-refractivity contribution in [2.24, 2.45) is 0 Å². The number of sulfone groups is 1. The third-order valence-corrected chi connectivity index (χ3v) is 2.40. The summed E-state index contributed by atoms with van der Waals surface area (Å²) in [5.74, 6) is -0.299. The van der Waals surface area contributed by atoms with Crippen molar-refractivity contribution in [2.45, 2.75) is 6.42 Å². The standard InChI is InChI=1S/C8H15NO4S/c1-13-8(10)4-6-9-5-3-7-14(2,11)12/h4,6,9H,3,5,7H2,1-2H3/b6-4+. The highest BCUT2D eigenvalue weighted by atomic mass is 32.2. The van der Waals surface area contributed by atoms with Gasteiger partial charge in [-0.05, 0) is 6.42 Å². The van der Waals surface area contributed by atoms with E-state index in [-0.39, 0.29) is 5.75 Å². The molecule has 0 saturated heterocycles. The second-order valence-corrected chi connectivity index (χ2v) is 5.05. The first kappa shape index (κ1) is 13.0. The molecule has 0 aliphatic rings. The summed E-state index contributed by atoms with van der Waals surface area (Å²) in [5.41, 5.74) is 0. The summed E-state index contributed by atoms with van der Waals surface area (Å²) in [6, 6.07) is 0. The predicted molar refractivity (Wildman–Crippen MR) is 53.5 cm³/mol. The molecule has 0 unspecified atom stereocenters. The van der Waals surface area contributed by atoms with Crippen molar-refractivity contribution in [1.82, 2.24) is 5.32 Å². The van der Waals surface area contributed by atoms with Crippen LogP contribution in [0, 0.1) is 0 Å². The van der Waals surface area contributed by atoms with Crippen molar-refractivity contribution >= 4 is 15.8 Å². The molecule has 5 nitrogen and oxygen atoms in total. The molecule has 82 valence electrons.